The Balaban J connectivity index is 1.61. The third-order valence-corrected chi connectivity index (χ3v) is 4.13. The summed E-state index contributed by atoms with van der Waals surface area (Å²) in [5.41, 5.74) is 4.83. The topological polar surface area (TPSA) is 75.6 Å². The van der Waals surface area contributed by atoms with Crippen molar-refractivity contribution >= 4 is 22.6 Å². The number of nitrogens with zero attached hydrogens (tertiary/aromatic N) is 3. The normalized spacial score (nSPS) is 11.0. The molecule has 2 aromatic heterocycles. The molecular weight excluding hydrogens is 314 g/mol. The number of aryl methyl sites for hydroxylation is 2. The largest absolute Gasteiger partial charge is 0.338 e. The average molecular weight is 331 g/mol. The van der Waals surface area contributed by atoms with Crippen LogP contribution >= 0.6 is 0 Å². The monoisotopic (exact) mass is 331 g/mol. The highest BCUT2D eigenvalue weighted by atomic mass is 16.1. The summed E-state index contributed by atoms with van der Waals surface area (Å²) in [6, 6.07) is 17.2. The number of aromatic amines is 1. The van der Waals surface area contributed by atoms with Crippen LogP contribution in [0.5, 0.6) is 0 Å². The molecule has 0 atom stereocenters. The number of fused-ring (bicyclic) bond motifs is 1. The second-order valence-corrected chi connectivity index (χ2v) is 5.93. The fourth-order valence-corrected chi connectivity index (χ4v) is 2.70. The van der Waals surface area contributed by atoms with Crippen LogP contribution in [0.15, 0.2) is 54.6 Å². The summed E-state index contributed by atoms with van der Waals surface area (Å²) in [5, 5.41) is 7.09. The van der Waals surface area contributed by atoms with E-state index in [4.69, 9.17) is 0 Å². The summed E-state index contributed by atoms with van der Waals surface area (Å²) in [6.07, 6.45) is 0. The van der Waals surface area contributed by atoms with Crippen LogP contribution in [0.4, 0.5) is 5.69 Å². The minimum atomic E-state index is -0.231. The molecule has 0 saturated carbocycles. The highest BCUT2D eigenvalue weighted by Crippen LogP contribution is 2.23. The Labute approximate surface area is 144 Å². The van der Waals surface area contributed by atoms with E-state index < -0.39 is 0 Å². The van der Waals surface area contributed by atoms with Gasteiger partial charge >= 0.3 is 0 Å². The van der Waals surface area contributed by atoms with Crippen molar-refractivity contribution in [2.75, 3.05) is 5.32 Å². The van der Waals surface area contributed by atoms with Gasteiger partial charge < -0.3 is 10.3 Å². The van der Waals surface area contributed by atoms with Crippen LogP contribution in [0.3, 0.4) is 0 Å². The molecule has 25 heavy (non-hydrogen) atoms. The predicted octanol–water partition coefficient (Wildman–Crippen LogP) is 3.52. The molecule has 0 saturated heterocycles. The molecule has 0 aliphatic carbocycles. The van der Waals surface area contributed by atoms with Crippen molar-refractivity contribution in [2.45, 2.75) is 6.92 Å². The number of H-pyrrole nitrogens is 1. The Kier molecular flexibility index (Phi) is 3.57. The Morgan fingerprint density at radius 1 is 1.12 bits per heavy atom. The lowest BCUT2D eigenvalue weighted by atomic mass is 10.2. The fraction of sp³-hybridized carbons (Fsp3) is 0.105. The van der Waals surface area contributed by atoms with Crippen LogP contribution in [-0.4, -0.2) is 25.7 Å². The molecule has 1 amide bonds. The van der Waals surface area contributed by atoms with Gasteiger partial charge in [-0.1, -0.05) is 24.3 Å². The quantitative estimate of drug-likeness (QED) is 0.603. The van der Waals surface area contributed by atoms with Gasteiger partial charge in [-0.25, -0.2) is 4.98 Å². The van der Waals surface area contributed by atoms with Gasteiger partial charge in [-0.2, -0.15) is 5.10 Å². The first-order valence-electron chi connectivity index (χ1n) is 7.97. The van der Waals surface area contributed by atoms with E-state index in [0.717, 1.165) is 28.1 Å². The molecule has 0 bridgehead atoms. The van der Waals surface area contributed by atoms with Crippen molar-refractivity contribution < 1.29 is 4.79 Å². The highest BCUT2D eigenvalue weighted by Gasteiger charge is 2.12. The van der Waals surface area contributed by atoms with Crippen LogP contribution in [0.25, 0.3) is 22.4 Å². The van der Waals surface area contributed by atoms with E-state index in [1.165, 1.54) is 0 Å². The van der Waals surface area contributed by atoms with Crippen molar-refractivity contribution in [2.24, 2.45) is 7.05 Å². The number of nitrogens with one attached hydrogen (secondary N) is 2. The maximum absolute atomic E-state index is 12.4. The zero-order valence-corrected chi connectivity index (χ0v) is 13.9. The summed E-state index contributed by atoms with van der Waals surface area (Å²) in [4.78, 5) is 20.2. The molecule has 0 aliphatic rings. The van der Waals surface area contributed by atoms with E-state index >= 15 is 0 Å². The Morgan fingerprint density at radius 3 is 2.72 bits per heavy atom. The second-order valence-electron chi connectivity index (χ2n) is 5.93. The van der Waals surface area contributed by atoms with E-state index in [1.807, 2.05) is 62.5 Å². The summed E-state index contributed by atoms with van der Waals surface area (Å²) < 4.78 is 1.68. The van der Waals surface area contributed by atoms with Crippen molar-refractivity contribution in [1.29, 1.82) is 0 Å². The standard InChI is InChI=1S/C19H17N5O/c1-12-10-17(23-24(12)2)19(25)20-14-7-5-6-13(11-14)18-21-15-8-3-4-9-16(15)22-18/h3-11H,1-2H3,(H,20,25)(H,21,22). The van der Waals surface area contributed by atoms with E-state index in [0.29, 0.717) is 11.4 Å². The number of aromatic nitrogens is 4. The molecule has 6 nitrogen and oxygen atoms in total. The van der Waals surface area contributed by atoms with Crippen molar-refractivity contribution in [3.05, 3.63) is 66.0 Å². The van der Waals surface area contributed by atoms with E-state index in [-0.39, 0.29) is 5.91 Å². The van der Waals surface area contributed by atoms with Crippen LogP contribution in [0.1, 0.15) is 16.2 Å². The van der Waals surface area contributed by atoms with Crippen molar-refractivity contribution in [3.8, 4) is 11.4 Å². The molecule has 2 heterocycles. The SMILES string of the molecule is Cc1cc(C(=O)Nc2cccc(-c3nc4ccccc4[nH]3)c2)nn1C. The minimum Gasteiger partial charge on any atom is -0.338 e. The first-order chi connectivity index (χ1) is 12.1. The zero-order chi connectivity index (χ0) is 17.4. The number of hydrogen-bond donors (Lipinski definition) is 2. The highest BCUT2D eigenvalue weighted by molar-refractivity contribution is 6.03. The Bertz CT molecular complexity index is 1020. The Hall–Kier alpha value is -3.41. The Morgan fingerprint density at radius 2 is 1.96 bits per heavy atom. The molecule has 124 valence electrons. The predicted molar refractivity (Wildman–Crippen MR) is 97.4 cm³/mol. The lowest BCUT2D eigenvalue weighted by molar-refractivity contribution is 0.102. The van der Waals surface area contributed by atoms with Crippen molar-refractivity contribution in [1.82, 2.24) is 19.7 Å². The lowest BCUT2D eigenvalue weighted by Gasteiger charge is -2.05. The lowest BCUT2D eigenvalue weighted by Crippen LogP contribution is -2.13. The number of anilines is 1. The van der Waals surface area contributed by atoms with Crippen molar-refractivity contribution in [3.63, 3.8) is 0 Å². The minimum absolute atomic E-state index is 0.231. The first kappa shape index (κ1) is 15.1. The smallest absolute Gasteiger partial charge is 0.276 e. The number of carbonyl (C=O) groups excluding carboxylic acids is 1. The van der Waals surface area contributed by atoms with Crippen LogP contribution in [-0.2, 0) is 7.05 Å². The molecule has 4 aromatic rings. The van der Waals surface area contributed by atoms with Gasteiger partial charge in [0, 0.05) is 24.0 Å². The number of hydrogen-bond acceptors (Lipinski definition) is 3. The summed E-state index contributed by atoms with van der Waals surface area (Å²) >= 11 is 0. The molecule has 0 aliphatic heterocycles. The van der Waals surface area contributed by atoms with E-state index in [2.05, 4.69) is 20.4 Å². The van der Waals surface area contributed by atoms with E-state index in [9.17, 15) is 4.79 Å². The number of carbonyl (C=O) groups is 1. The molecule has 2 aromatic carbocycles. The van der Waals surface area contributed by atoms with Crippen LogP contribution in [0, 0.1) is 6.92 Å². The molecule has 6 heteroatoms. The molecule has 0 unspecified atom stereocenters. The fourth-order valence-electron chi connectivity index (χ4n) is 2.70. The van der Waals surface area contributed by atoms with Gasteiger partial charge in [-0.15, -0.1) is 0 Å². The molecule has 2 N–H and O–H groups in total. The second kappa shape index (κ2) is 5.90. The zero-order valence-electron chi connectivity index (χ0n) is 13.9. The first-order valence-corrected chi connectivity index (χ1v) is 7.97. The number of imidazole rings is 1. The molecule has 0 spiro atoms. The average Bonchev–Trinajstić information content (AvgIpc) is 3.19. The van der Waals surface area contributed by atoms with Gasteiger partial charge in [0.05, 0.1) is 11.0 Å². The summed E-state index contributed by atoms with van der Waals surface area (Å²) in [6.45, 7) is 1.91. The summed E-state index contributed by atoms with van der Waals surface area (Å²) in [5.74, 6) is 0.538. The third kappa shape index (κ3) is 2.89. The van der Waals surface area contributed by atoms with Crippen LogP contribution in [0.2, 0.25) is 0 Å². The maximum atomic E-state index is 12.4. The van der Waals surface area contributed by atoms with Crippen LogP contribution < -0.4 is 5.32 Å². The van der Waals surface area contributed by atoms with Gasteiger partial charge in [-0.3, -0.25) is 9.48 Å². The molecular formula is C19H17N5O. The third-order valence-electron chi connectivity index (χ3n) is 4.13. The maximum Gasteiger partial charge on any atom is 0.276 e. The number of para-hydroxylation sites is 2. The van der Waals surface area contributed by atoms with Gasteiger partial charge in [0.2, 0.25) is 0 Å². The molecule has 4 rings (SSSR count). The number of amides is 1. The van der Waals surface area contributed by atoms with E-state index in [1.54, 1.807) is 10.7 Å². The number of benzene rings is 2. The van der Waals surface area contributed by atoms with Gasteiger partial charge in [0.1, 0.15) is 5.82 Å². The van der Waals surface area contributed by atoms with Gasteiger partial charge in [-0.05, 0) is 37.3 Å². The summed E-state index contributed by atoms with van der Waals surface area (Å²) in [7, 11) is 1.81. The number of rotatable bonds is 3. The van der Waals surface area contributed by atoms with Gasteiger partial charge in [0.15, 0.2) is 5.69 Å². The van der Waals surface area contributed by atoms with Gasteiger partial charge in [0.25, 0.3) is 5.91 Å². The molecule has 0 radical (unpaired) electrons. The molecule has 0 fully saturated rings.